The highest BCUT2D eigenvalue weighted by molar-refractivity contribution is 6.29. The van der Waals surface area contributed by atoms with E-state index in [0.29, 0.717) is 28.9 Å². The molecule has 0 bridgehead atoms. The molecule has 1 saturated carbocycles. The van der Waals surface area contributed by atoms with Gasteiger partial charge in [0.25, 0.3) is 0 Å². The molecule has 2 aromatic heterocycles. The Hall–Kier alpha value is -3.15. The number of aliphatic hydroxyl groups excluding tert-OH is 1. The molecule has 0 spiro atoms. The predicted octanol–water partition coefficient (Wildman–Crippen LogP) is 4.08. The smallest absolute Gasteiger partial charge is 0.228 e. The number of nitriles is 1. The summed E-state index contributed by atoms with van der Waals surface area (Å²) in [6.45, 7) is 3.35. The summed E-state index contributed by atoms with van der Waals surface area (Å²) in [5, 5.41) is 30.9. The molecule has 5 rings (SSSR count). The summed E-state index contributed by atoms with van der Waals surface area (Å²) in [4.78, 5) is 9.03. The van der Waals surface area contributed by atoms with Crippen molar-refractivity contribution in [2.75, 3.05) is 23.8 Å². The fraction of sp³-hybridized carbons (Fsp3) is 0.391. The Morgan fingerprint density at radius 1 is 1.38 bits per heavy atom. The van der Waals surface area contributed by atoms with Crippen LogP contribution < -0.4 is 10.6 Å². The number of nitrogens with one attached hydrogen (secondary N) is 2. The van der Waals surface area contributed by atoms with Crippen LogP contribution in [0.1, 0.15) is 37.3 Å². The van der Waals surface area contributed by atoms with Gasteiger partial charge in [0.2, 0.25) is 5.95 Å². The molecular weight excluding hydrogens is 426 g/mol. The molecule has 1 atom stereocenters. The van der Waals surface area contributed by atoms with Crippen LogP contribution in [0.2, 0.25) is 5.15 Å². The summed E-state index contributed by atoms with van der Waals surface area (Å²) >= 11 is 6.15. The van der Waals surface area contributed by atoms with Crippen molar-refractivity contribution < 1.29 is 5.11 Å². The van der Waals surface area contributed by atoms with E-state index in [0.717, 1.165) is 41.5 Å². The largest absolute Gasteiger partial charge is 0.395 e. The molecule has 1 aliphatic carbocycles. The molecule has 3 heterocycles. The second-order valence-corrected chi connectivity index (χ2v) is 9.22. The maximum Gasteiger partial charge on any atom is 0.228 e. The average molecular weight is 450 g/mol. The normalized spacial score (nSPS) is 19.3. The zero-order valence-corrected chi connectivity index (χ0v) is 18.5. The molecule has 9 heteroatoms. The average Bonchev–Trinajstić information content (AvgIpc) is 3.49. The minimum Gasteiger partial charge on any atom is -0.395 e. The van der Waals surface area contributed by atoms with Crippen LogP contribution in [0.15, 0.2) is 30.5 Å². The highest BCUT2D eigenvalue weighted by atomic mass is 35.5. The van der Waals surface area contributed by atoms with Gasteiger partial charge in [-0.3, -0.25) is 0 Å². The number of fused-ring (bicyclic) bond motifs is 1. The van der Waals surface area contributed by atoms with Crippen LogP contribution in [0.25, 0.3) is 11.3 Å². The standard InChI is InChI=1S/C23H24ClN7O/c1-23(13-32)12-27-21-16(11-25)8-15(9-17(21)23)18-4-6-26-22(28-18)29-20-10-19(24)30-31(20)7-5-14-2-3-14/h4,6,8-10,14,27,32H,2-3,5,7,12-13H2,1H3,(H,26,28,29). The zero-order valence-electron chi connectivity index (χ0n) is 17.8. The number of halogens is 1. The van der Waals surface area contributed by atoms with E-state index in [2.05, 4.69) is 31.8 Å². The first-order chi connectivity index (χ1) is 15.5. The third-order valence-corrected chi connectivity index (χ3v) is 6.49. The molecule has 1 unspecified atom stereocenters. The van der Waals surface area contributed by atoms with Gasteiger partial charge < -0.3 is 15.7 Å². The number of aryl methyl sites for hydroxylation is 1. The lowest BCUT2D eigenvalue weighted by Gasteiger charge is -2.21. The minimum absolute atomic E-state index is 0.0104. The van der Waals surface area contributed by atoms with Gasteiger partial charge in [-0.15, -0.1) is 0 Å². The van der Waals surface area contributed by atoms with Crippen molar-refractivity contribution in [3.05, 3.63) is 46.7 Å². The Kier molecular flexibility index (Phi) is 5.24. The molecule has 2 aliphatic rings. The second kappa shape index (κ2) is 8.08. The summed E-state index contributed by atoms with van der Waals surface area (Å²) in [7, 11) is 0. The van der Waals surface area contributed by atoms with Crippen molar-refractivity contribution in [3.8, 4) is 17.3 Å². The van der Waals surface area contributed by atoms with E-state index in [9.17, 15) is 10.4 Å². The van der Waals surface area contributed by atoms with E-state index in [-0.39, 0.29) is 6.61 Å². The summed E-state index contributed by atoms with van der Waals surface area (Å²) in [5.41, 5.74) is 3.28. The molecule has 0 saturated heterocycles. The number of nitrogens with zero attached hydrogens (tertiary/aromatic N) is 5. The number of hydrogen-bond acceptors (Lipinski definition) is 7. The Balaban J connectivity index is 1.45. The number of aliphatic hydroxyl groups is 1. The first-order valence-corrected chi connectivity index (χ1v) is 11.1. The third-order valence-electron chi connectivity index (χ3n) is 6.30. The van der Waals surface area contributed by atoms with E-state index in [4.69, 9.17) is 11.6 Å². The van der Waals surface area contributed by atoms with Gasteiger partial charge in [0, 0.05) is 36.3 Å². The van der Waals surface area contributed by atoms with Crippen LogP contribution in [0, 0.1) is 17.2 Å². The predicted molar refractivity (Wildman–Crippen MR) is 123 cm³/mol. The van der Waals surface area contributed by atoms with Crippen LogP contribution in [0.4, 0.5) is 17.5 Å². The van der Waals surface area contributed by atoms with E-state index in [1.54, 1.807) is 12.3 Å². The van der Waals surface area contributed by atoms with Crippen molar-refractivity contribution in [1.29, 1.82) is 5.26 Å². The van der Waals surface area contributed by atoms with Crippen LogP contribution >= 0.6 is 11.6 Å². The molecule has 1 aliphatic heterocycles. The second-order valence-electron chi connectivity index (χ2n) is 8.83. The van der Waals surface area contributed by atoms with Gasteiger partial charge in [-0.05, 0) is 36.1 Å². The first kappa shape index (κ1) is 20.7. The van der Waals surface area contributed by atoms with Gasteiger partial charge in [-0.2, -0.15) is 10.4 Å². The molecule has 32 heavy (non-hydrogen) atoms. The van der Waals surface area contributed by atoms with Gasteiger partial charge in [-0.1, -0.05) is 31.4 Å². The Labute approximate surface area is 191 Å². The maximum absolute atomic E-state index is 9.94. The van der Waals surface area contributed by atoms with Crippen LogP contribution in [-0.4, -0.2) is 38.0 Å². The molecule has 0 amide bonds. The molecule has 0 radical (unpaired) electrons. The lowest BCUT2D eigenvalue weighted by Crippen LogP contribution is -2.28. The first-order valence-electron chi connectivity index (χ1n) is 10.8. The number of benzene rings is 1. The van der Waals surface area contributed by atoms with E-state index < -0.39 is 5.41 Å². The van der Waals surface area contributed by atoms with Crippen molar-refractivity contribution in [2.45, 2.75) is 38.1 Å². The van der Waals surface area contributed by atoms with Gasteiger partial charge in [0.15, 0.2) is 5.15 Å². The number of aromatic nitrogens is 4. The number of anilines is 3. The molecule has 3 aromatic rings. The third kappa shape index (κ3) is 3.90. The Morgan fingerprint density at radius 2 is 2.22 bits per heavy atom. The fourth-order valence-electron chi connectivity index (χ4n) is 4.13. The lowest BCUT2D eigenvalue weighted by atomic mass is 9.83. The van der Waals surface area contributed by atoms with E-state index in [1.165, 1.54) is 12.8 Å². The van der Waals surface area contributed by atoms with Gasteiger partial charge in [0.1, 0.15) is 11.9 Å². The van der Waals surface area contributed by atoms with Crippen LogP contribution in [-0.2, 0) is 12.0 Å². The molecular formula is C23H24ClN7O. The summed E-state index contributed by atoms with van der Waals surface area (Å²) in [6.07, 6.45) is 5.34. The minimum atomic E-state index is -0.449. The van der Waals surface area contributed by atoms with E-state index in [1.807, 2.05) is 29.8 Å². The maximum atomic E-state index is 9.94. The SMILES string of the molecule is CC1(CO)CNc2c(C#N)cc(-c3ccnc(Nc4cc(Cl)nn4CCC4CC4)n3)cc21. The van der Waals surface area contributed by atoms with E-state index >= 15 is 0 Å². The Morgan fingerprint density at radius 3 is 2.97 bits per heavy atom. The van der Waals surface area contributed by atoms with Crippen molar-refractivity contribution in [3.63, 3.8) is 0 Å². The summed E-state index contributed by atoms with van der Waals surface area (Å²) < 4.78 is 1.86. The number of hydrogen-bond donors (Lipinski definition) is 3. The highest BCUT2D eigenvalue weighted by Gasteiger charge is 2.36. The van der Waals surface area contributed by atoms with Gasteiger partial charge >= 0.3 is 0 Å². The van der Waals surface area contributed by atoms with Crippen molar-refractivity contribution in [2.24, 2.45) is 5.92 Å². The molecule has 3 N–H and O–H groups in total. The highest BCUT2D eigenvalue weighted by Crippen LogP contribution is 2.41. The van der Waals surface area contributed by atoms with Crippen molar-refractivity contribution >= 4 is 29.1 Å². The Bertz CT molecular complexity index is 1210. The van der Waals surface area contributed by atoms with Crippen LogP contribution in [0.5, 0.6) is 0 Å². The van der Waals surface area contributed by atoms with Crippen molar-refractivity contribution in [1.82, 2.24) is 19.7 Å². The topological polar surface area (TPSA) is 112 Å². The fourth-order valence-corrected chi connectivity index (χ4v) is 4.32. The zero-order chi connectivity index (χ0) is 22.3. The molecule has 1 fully saturated rings. The molecule has 1 aromatic carbocycles. The summed E-state index contributed by atoms with van der Waals surface area (Å²) in [5.74, 6) is 1.96. The lowest BCUT2D eigenvalue weighted by molar-refractivity contribution is 0.219. The summed E-state index contributed by atoms with van der Waals surface area (Å²) in [6, 6.07) is 9.65. The van der Waals surface area contributed by atoms with Gasteiger partial charge in [-0.25, -0.2) is 14.6 Å². The quantitative estimate of drug-likeness (QED) is 0.498. The van der Waals surface area contributed by atoms with Crippen LogP contribution in [0.3, 0.4) is 0 Å². The monoisotopic (exact) mass is 449 g/mol. The molecule has 8 nitrogen and oxygen atoms in total. The number of rotatable bonds is 7. The van der Waals surface area contributed by atoms with Gasteiger partial charge in [0.05, 0.1) is 23.6 Å². The molecule has 164 valence electrons.